The summed E-state index contributed by atoms with van der Waals surface area (Å²) < 4.78 is 7.26. The Morgan fingerprint density at radius 3 is 2.00 bits per heavy atom. The molecule has 7 nitrogen and oxygen atoms in total. The molecule has 2 heterocycles. The van der Waals surface area contributed by atoms with E-state index in [1.54, 1.807) is 7.11 Å². The average molecular weight is 469 g/mol. The van der Waals surface area contributed by atoms with Gasteiger partial charge in [0.25, 0.3) is 0 Å². The zero-order valence-electron chi connectivity index (χ0n) is 20.2. The number of rotatable bonds is 9. The third kappa shape index (κ3) is 5.52. The molecule has 0 bridgehead atoms. The predicted molar refractivity (Wildman–Crippen MR) is 138 cm³/mol. The van der Waals surface area contributed by atoms with Gasteiger partial charge >= 0.3 is 0 Å². The van der Waals surface area contributed by atoms with E-state index in [-0.39, 0.29) is 5.92 Å². The largest absolute Gasteiger partial charge is 0.497 e. The summed E-state index contributed by atoms with van der Waals surface area (Å²) in [6.07, 6.45) is 1.01. The SMILES string of the molecule is COc1ccc(N2CCN(CCCn3nnnc3C(c3ccccc3)c3ccccc3)CC2)cc1. The van der Waals surface area contributed by atoms with E-state index in [0.717, 1.165) is 57.3 Å². The van der Waals surface area contributed by atoms with Crippen LogP contribution in [0, 0.1) is 0 Å². The van der Waals surface area contributed by atoms with Gasteiger partial charge in [-0.1, -0.05) is 60.7 Å². The predicted octanol–water partition coefficient (Wildman–Crippen LogP) is 4.07. The number of aryl methyl sites for hydroxylation is 1. The van der Waals surface area contributed by atoms with E-state index in [4.69, 9.17) is 4.74 Å². The zero-order valence-corrected chi connectivity index (χ0v) is 20.2. The first-order valence-electron chi connectivity index (χ1n) is 12.3. The Kier molecular flexibility index (Phi) is 7.34. The van der Waals surface area contributed by atoms with Crippen molar-refractivity contribution in [2.45, 2.75) is 18.9 Å². The molecule has 1 aromatic heterocycles. The average Bonchev–Trinajstić information content (AvgIpc) is 3.38. The van der Waals surface area contributed by atoms with E-state index in [2.05, 4.69) is 86.0 Å². The molecule has 3 aromatic carbocycles. The molecule has 35 heavy (non-hydrogen) atoms. The van der Waals surface area contributed by atoms with Gasteiger partial charge in [-0.05, 0) is 52.2 Å². The van der Waals surface area contributed by atoms with Crippen molar-refractivity contribution in [1.82, 2.24) is 25.1 Å². The smallest absolute Gasteiger partial charge is 0.163 e. The highest BCUT2D eigenvalue weighted by Gasteiger charge is 2.23. The minimum absolute atomic E-state index is 0.0143. The van der Waals surface area contributed by atoms with E-state index < -0.39 is 0 Å². The molecule has 7 heteroatoms. The summed E-state index contributed by atoms with van der Waals surface area (Å²) in [4.78, 5) is 4.98. The van der Waals surface area contributed by atoms with E-state index in [1.807, 2.05) is 28.9 Å². The summed E-state index contributed by atoms with van der Waals surface area (Å²) in [6, 6.07) is 29.3. The number of hydrogen-bond acceptors (Lipinski definition) is 6. The first kappa shape index (κ1) is 23.1. The second kappa shape index (κ2) is 11.1. The number of anilines is 1. The Hall–Kier alpha value is -3.71. The van der Waals surface area contributed by atoms with Crippen molar-refractivity contribution in [3.8, 4) is 5.75 Å². The van der Waals surface area contributed by atoms with Crippen molar-refractivity contribution >= 4 is 5.69 Å². The first-order valence-corrected chi connectivity index (χ1v) is 12.3. The third-order valence-electron chi connectivity index (χ3n) is 6.74. The van der Waals surface area contributed by atoms with Crippen molar-refractivity contribution in [3.05, 3.63) is 102 Å². The molecule has 1 aliphatic heterocycles. The quantitative estimate of drug-likeness (QED) is 0.369. The summed E-state index contributed by atoms with van der Waals surface area (Å²) in [5, 5.41) is 12.9. The number of ether oxygens (including phenoxy) is 1. The molecule has 0 atom stereocenters. The minimum atomic E-state index is 0.0143. The van der Waals surface area contributed by atoms with Crippen molar-refractivity contribution in [2.75, 3.05) is 44.7 Å². The van der Waals surface area contributed by atoms with Gasteiger partial charge < -0.3 is 9.64 Å². The second-order valence-corrected chi connectivity index (χ2v) is 8.89. The van der Waals surface area contributed by atoms with Crippen LogP contribution in [-0.4, -0.2) is 64.9 Å². The highest BCUT2D eigenvalue weighted by molar-refractivity contribution is 5.49. The summed E-state index contributed by atoms with van der Waals surface area (Å²) in [7, 11) is 1.70. The van der Waals surface area contributed by atoms with Gasteiger partial charge in [0.1, 0.15) is 5.75 Å². The molecule has 1 aliphatic rings. The van der Waals surface area contributed by atoms with E-state index in [1.165, 1.54) is 16.8 Å². The van der Waals surface area contributed by atoms with Crippen molar-refractivity contribution in [3.63, 3.8) is 0 Å². The van der Waals surface area contributed by atoms with Gasteiger partial charge in [0.15, 0.2) is 5.82 Å². The van der Waals surface area contributed by atoms with Gasteiger partial charge in [-0.15, -0.1) is 5.10 Å². The molecule has 0 spiro atoms. The first-order chi connectivity index (χ1) is 17.3. The fourth-order valence-corrected chi connectivity index (χ4v) is 4.83. The van der Waals surface area contributed by atoms with Crippen molar-refractivity contribution < 1.29 is 4.74 Å². The fourth-order valence-electron chi connectivity index (χ4n) is 4.83. The molecule has 5 rings (SSSR count). The van der Waals surface area contributed by atoms with Gasteiger partial charge in [-0.25, -0.2) is 4.68 Å². The third-order valence-corrected chi connectivity index (χ3v) is 6.74. The maximum absolute atomic E-state index is 5.28. The summed E-state index contributed by atoms with van der Waals surface area (Å²) in [5.74, 6) is 1.81. The number of tetrazole rings is 1. The normalized spacial score (nSPS) is 14.4. The summed E-state index contributed by atoms with van der Waals surface area (Å²) in [6.45, 7) is 6.03. The molecule has 1 fully saturated rings. The van der Waals surface area contributed by atoms with E-state index in [0.29, 0.717) is 0 Å². The van der Waals surface area contributed by atoms with Crippen LogP contribution in [0.3, 0.4) is 0 Å². The topological polar surface area (TPSA) is 59.3 Å². The lowest BCUT2D eigenvalue weighted by molar-refractivity contribution is 0.248. The van der Waals surface area contributed by atoms with Crippen molar-refractivity contribution in [1.29, 1.82) is 0 Å². The van der Waals surface area contributed by atoms with Gasteiger partial charge in [-0.3, -0.25) is 4.90 Å². The Morgan fingerprint density at radius 2 is 1.40 bits per heavy atom. The Bertz CT molecular complexity index is 1130. The van der Waals surface area contributed by atoms with Crippen LogP contribution in [0.5, 0.6) is 5.75 Å². The molecule has 0 unspecified atom stereocenters. The lowest BCUT2D eigenvalue weighted by atomic mass is 9.90. The van der Waals surface area contributed by atoms with E-state index in [9.17, 15) is 0 Å². The van der Waals surface area contributed by atoms with Crippen LogP contribution in [0.1, 0.15) is 29.3 Å². The second-order valence-electron chi connectivity index (χ2n) is 8.89. The van der Waals surface area contributed by atoms with Gasteiger partial charge in [-0.2, -0.15) is 0 Å². The number of hydrogen-bond donors (Lipinski definition) is 0. The van der Waals surface area contributed by atoms with Crippen LogP contribution in [0.15, 0.2) is 84.9 Å². The van der Waals surface area contributed by atoms with Gasteiger partial charge in [0.05, 0.1) is 13.0 Å². The maximum Gasteiger partial charge on any atom is 0.163 e. The lowest BCUT2D eigenvalue weighted by Crippen LogP contribution is -2.46. The zero-order chi connectivity index (χ0) is 23.9. The maximum atomic E-state index is 5.28. The molecule has 180 valence electrons. The monoisotopic (exact) mass is 468 g/mol. The van der Waals surface area contributed by atoms with Crippen LogP contribution >= 0.6 is 0 Å². The molecule has 0 aliphatic carbocycles. The van der Waals surface area contributed by atoms with Crippen LogP contribution in [0.2, 0.25) is 0 Å². The van der Waals surface area contributed by atoms with Gasteiger partial charge in [0.2, 0.25) is 0 Å². The molecule has 0 N–H and O–H groups in total. The highest BCUT2D eigenvalue weighted by Crippen LogP contribution is 2.30. The molecular weight excluding hydrogens is 436 g/mol. The molecule has 1 saturated heterocycles. The van der Waals surface area contributed by atoms with Crippen molar-refractivity contribution in [2.24, 2.45) is 0 Å². The highest BCUT2D eigenvalue weighted by atomic mass is 16.5. The number of nitrogens with zero attached hydrogens (tertiary/aromatic N) is 6. The van der Waals surface area contributed by atoms with Crippen LogP contribution in [0.4, 0.5) is 5.69 Å². The van der Waals surface area contributed by atoms with Gasteiger partial charge in [0, 0.05) is 45.0 Å². The number of piperazine rings is 1. The molecule has 4 aromatic rings. The minimum Gasteiger partial charge on any atom is -0.497 e. The van der Waals surface area contributed by atoms with Crippen LogP contribution < -0.4 is 9.64 Å². The summed E-state index contributed by atoms with van der Waals surface area (Å²) >= 11 is 0. The fraction of sp³-hybridized carbons (Fsp3) is 0.321. The Labute approximate surface area is 206 Å². The lowest BCUT2D eigenvalue weighted by Gasteiger charge is -2.36. The van der Waals surface area contributed by atoms with Crippen LogP contribution in [-0.2, 0) is 6.54 Å². The molecule has 0 radical (unpaired) electrons. The Morgan fingerprint density at radius 1 is 0.771 bits per heavy atom. The molecule has 0 saturated carbocycles. The van der Waals surface area contributed by atoms with E-state index >= 15 is 0 Å². The number of methoxy groups -OCH3 is 1. The van der Waals surface area contributed by atoms with Crippen LogP contribution in [0.25, 0.3) is 0 Å². The molecule has 0 amide bonds. The number of aromatic nitrogens is 4. The summed E-state index contributed by atoms with van der Waals surface area (Å²) in [5.41, 5.74) is 3.66. The molecular formula is C28H32N6O. The standard InChI is InChI=1S/C28H32N6O/c1-35-26-15-13-25(14-16-26)33-21-19-32(20-22-33)17-8-18-34-28(29-30-31-34)27(23-9-4-2-5-10-23)24-11-6-3-7-12-24/h2-7,9-16,27H,8,17-22H2,1H3. The Balaban J connectivity index is 1.19. The number of benzene rings is 3.